The molecule has 1 aliphatic rings. The number of alkyl halides is 2. The predicted octanol–water partition coefficient (Wildman–Crippen LogP) is 5.18. The topological polar surface area (TPSA) is 59.8 Å². The van der Waals surface area contributed by atoms with Crippen LogP contribution in [-0.2, 0) is 18.5 Å². The molecule has 0 saturated heterocycles. The van der Waals surface area contributed by atoms with Gasteiger partial charge in [0.25, 0.3) is 11.8 Å². The van der Waals surface area contributed by atoms with Gasteiger partial charge in [0.1, 0.15) is 17.2 Å². The van der Waals surface area contributed by atoms with E-state index in [-0.39, 0.29) is 5.69 Å². The number of carbonyl (C=O) groups excluding carboxylic acids is 1. The lowest BCUT2D eigenvalue weighted by atomic mass is 10.0. The first-order valence-corrected chi connectivity index (χ1v) is 9.86. The minimum atomic E-state index is -3.13. The van der Waals surface area contributed by atoms with E-state index in [4.69, 9.17) is 0 Å². The standard InChI is InChI=1S/C23H25F3N4O/c1-6-17(24)16(11-14(2)3)18-8-7-15(13-27-18)23(9-10-23)28-21(31)19-12-20(22(4,25)26)29-30(19)5/h6-8,11-13H,1,9-10H2,2-5H3,(H,28,31)/b17-16-. The lowest BCUT2D eigenvalue weighted by Gasteiger charge is -2.18. The fourth-order valence-electron chi connectivity index (χ4n) is 3.29. The van der Waals surface area contributed by atoms with Gasteiger partial charge in [-0.05, 0) is 50.5 Å². The lowest BCUT2D eigenvalue weighted by molar-refractivity contribution is 0.0122. The van der Waals surface area contributed by atoms with Gasteiger partial charge in [-0.25, -0.2) is 4.39 Å². The molecule has 31 heavy (non-hydrogen) atoms. The molecule has 1 fully saturated rings. The monoisotopic (exact) mass is 430 g/mol. The van der Waals surface area contributed by atoms with E-state index in [0.29, 0.717) is 24.1 Å². The minimum Gasteiger partial charge on any atom is -0.341 e. The van der Waals surface area contributed by atoms with Gasteiger partial charge in [0.05, 0.1) is 11.2 Å². The number of carbonyl (C=O) groups is 1. The first-order chi connectivity index (χ1) is 14.5. The lowest BCUT2D eigenvalue weighted by Crippen LogP contribution is -2.36. The summed E-state index contributed by atoms with van der Waals surface area (Å²) in [6, 6.07) is 4.58. The highest BCUT2D eigenvalue weighted by molar-refractivity contribution is 5.93. The number of rotatable bonds is 7. The second-order valence-corrected chi connectivity index (χ2v) is 8.08. The zero-order valence-corrected chi connectivity index (χ0v) is 18.0. The predicted molar refractivity (Wildman–Crippen MR) is 113 cm³/mol. The Morgan fingerprint density at radius 3 is 2.45 bits per heavy atom. The number of aromatic nitrogens is 3. The Bertz CT molecular complexity index is 1070. The van der Waals surface area contributed by atoms with Crippen molar-refractivity contribution in [2.75, 3.05) is 0 Å². The van der Waals surface area contributed by atoms with Crippen LogP contribution in [0, 0.1) is 0 Å². The van der Waals surface area contributed by atoms with Crippen molar-refractivity contribution in [1.29, 1.82) is 0 Å². The van der Waals surface area contributed by atoms with Crippen molar-refractivity contribution in [2.24, 2.45) is 7.05 Å². The van der Waals surface area contributed by atoms with Gasteiger partial charge < -0.3 is 5.32 Å². The SMILES string of the molecule is C=C/C(F)=C(\C=C(C)C)c1ccc(C2(NC(=O)c3cc(C(C)(F)F)nn3C)CC2)cn1. The van der Waals surface area contributed by atoms with E-state index in [1.54, 1.807) is 24.4 Å². The minimum absolute atomic E-state index is 0.0502. The highest BCUT2D eigenvalue weighted by atomic mass is 19.3. The first-order valence-electron chi connectivity index (χ1n) is 9.86. The van der Waals surface area contributed by atoms with Crippen LogP contribution < -0.4 is 5.32 Å². The van der Waals surface area contributed by atoms with Gasteiger partial charge in [-0.15, -0.1) is 0 Å². The Morgan fingerprint density at radius 1 is 1.32 bits per heavy atom. The van der Waals surface area contributed by atoms with Crippen molar-refractivity contribution in [3.8, 4) is 0 Å². The van der Waals surface area contributed by atoms with Crippen LogP contribution in [0.1, 0.15) is 61.1 Å². The molecule has 5 nitrogen and oxygen atoms in total. The highest BCUT2D eigenvalue weighted by Gasteiger charge is 2.46. The van der Waals surface area contributed by atoms with Crippen LogP contribution in [0.15, 0.2) is 54.5 Å². The largest absolute Gasteiger partial charge is 0.341 e. The number of nitrogens with one attached hydrogen (secondary N) is 1. The molecule has 0 unspecified atom stereocenters. The Morgan fingerprint density at radius 2 is 2.00 bits per heavy atom. The summed E-state index contributed by atoms with van der Waals surface area (Å²) in [6.45, 7) is 7.93. The van der Waals surface area contributed by atoms with E-state index < -0.39 is 28.9 Å². The van der Waals surface area contributed by atoms with E-state index >= 15 is 0 Å². The van der Waals surface area contributed by atoms with Gasteiger partial charge >= 0.3 is 0 Å². The molecule has 1 amide bonds. The average Bonchev–Trinajstić information content (AvgIpc) is 3.36. The molecule has 164 valence electrons. The van der Waals surface area contributed by atoms with Gasteiger partial charge in [-0.1, -0.05) is 24.3 Å². The zero-order valence-electron chi connectivity index (χ0n) is 18.0. The third-order valence-electron chi connectivity index (χ3n) is 5.13. The number of nitrogens with zero attached hydrogens (tertiary/aromatic N) is 3. The van der Waals surface area contributed by atoms with Crippen molar-refractivity contribution in [2.45, 2.75) is 45.1 Å². The molecule has 2 heterocycles. The van der Waals surface area contributed by atoms with Crippen molar-refractivity contribution < 1.29 is 18.0 Å². The van der Waals surface area contributed by atoms with Gasteiger partial charge in [-0.2, -0.15) is 13.9 Å². The highest BCUT2D eigenvalue weighted by Crippen LogP contribution is 2.45. The van der Waals surface area contributed by atoms with Crippen molar-refractivity contribution >= 4 is 11.5 Å². The molecule has 1 N–H and O–H groups in total. The fraction of sp³-hybridized carbons (Fsp3) is 0.348. The molecule has 1 aliphatic carbocycles. The van der Waals surface area contributed by atoms with Crippen LogP contribution >= 0.6 is 0 Å². The van der Waals surface area contributed by atoms with Crippen molar-refractivity contribution in [3.05, 3.63) is 77.2 Å². The maximum Gasteiger partial charge on any atom is 0.288 e. The van der Waals surface area contributed by atoms with Crippen LogP contribution in [0.3, 0.4) is 0 Å². The summed E-state index contributed by atoms with van der Waals surface area (Å²) < 4.78 is 42.4. The zero-order chi connectivity index (χ0) is 23.0. The maximum atomic E-state index is 14.2. The Kier molecular flexibility index (Phi) is 5.93. The molecule has 0 atom stereocenters. The molecule has 0 radical (unpaired) electrons. The van der Waals surface area contributed by atoms with E-state index in [9.17, 15) is 18.0 Å². The molecular formula is C23H25F3N4O. The van der Waals surface area contributed by atoms with Crippen LogP contribution in [0.4, 0.5) is 13.2 Å². The number of pyridine rings is 1. The van der Waals surface area contributed by atoms with E-state index in [0.717, 1.165) is 34.9 Å². The number of hydrogen-bond acceptors (Lipinski definition) is 3. The summed E-state index contributed by atoms with van der Waals surface area (Å²) in [5, 5.41) is 6.67. The summed E-state index contributed by atoms with van der Waals surface area (Å²) in [5.74, 6) is -4.10. The number of aryl methyl sites for hydroxylation is 1. The van der Waals surface area contributed by atoms with E-state index in [2.05, 4.69) is 22.0 Å². The van der Waals surface area contributed by atoms with Crippen LogP contribution in [0.5, 0.6) is 0 Å². The van der Waals surface area contributed by atoms with Gasteiger partial charge in [0, 0.05) is 25.7 Å². The summed E-state index contributed by atoms with van der Waals surface area (Å²) >= 11 is 0. The third kappa shape index (κ3) is 4.78. The smallest absolute Gasteiger partial charge is 0.288 e. The fourth-order valence-corrected chi connectivity index (χ4v) is 3.29. The summed E-state index contributed by atoms with van der Waals surface area (Å²) in [6.07, 6.45) is 5.80. The Hall–Kier alpha value is -3.16. The van der Waals surface area contributed by atoms with Crippen LogP contribution in [-0.4, -0.2) is 20.7 Å². The van der Waals surface area contributed by atoms with Gasteiger partial charge in [0.15, 0.2) is 0 Å². The van der Waals surface area contributed by atoms with Gasteiger partial charge in [-0.3, -0.25) is 14.5 Å². The molecule has 0 bridgehead atoms. The third-order valence-corrected chi connectivity index (χ3v) is 5.13. The van der Waals surface area contributed by atoms with Crippen LogP contribution in [0.2, 0.25) is 0 Å². The molecule has 0 aromatic carbocycles. The normalized spacial score (nSPS) is 15.7. The molecule has 2 aromatic heterocycles. The number of halogens is 3. The first kappa shape index (κ1) is 22.5. The number of amides is 1. The van der Waals surface area contributed by atoms with E-state index in [1.165, 1.54) is 7.05 Å². The molecule has 3 rings (SSSR count). The Labute approximate surface area is 179 Å². The van der Waals surface area contributed by atoms with Crippen LogP contribution in [0.25, 0.3) is 5.57 Å². The molecule has 8 heteroatoms. The molecule has 2 aromatic rings. The average molecular weight is 430 g/mol. The summed E-state index contributed by atoms with van der Waals surface area (Å²) in [5.41, 5.74) is 1.43. The number of allylic oxidation sites excluding steroid dienone is 5. The summed E-state index contributed by atoms with van der Waals surface area (Å²) in [4.78, 5) is 17.1. The summed E-state index contributed by atoms with van der Waals surface area (Å²) in [7, 11) is 1.45. The van der Waals surface area contributed by atoms with Gasteiger partial charge in [0.2, 0.25) is 0 Å². The molecule has 0 spiro atoms. The second kappa shape index (κ2) is 8.17. The second-order valence-electron chi connectivity index (χ2n) is 8.08. The quantitative estimate of drug-likeness (QED) is 0.616. The number of hydrogen-bond donors (Lipinski definition) is 1. The molecule has 1 saturated carbocycles. The maximum absolute atomic E-state index is 14.2. The molecule has 0 aliphatic heterocycles. The molecular weight excluding hydrogens is 405 g/mol. The van der Waals surface area contributed by atoms with E-state index in [1.807, 2.05) is 13.8 Å². The van der Waals surface area contributed by atoms with Crippen molar-refractivity contribution in [3.63, 3.8) is 0 Å². The van der Waals surface area contributed by atoms with Crippen molar-refractivity contribution in [1.82, 2.24) is 20.1 Å². The Balaban J connectivity index is 1.84.